The highest BCUT2D eigenvalue weighted by atomic mass is 16.5. The summed E-state index contributed by atoms with van der Waals surface area (Å²) in [5, 5.41) is 27.0. The zero-order valence-electron chi connectivity index (χ0n) is 11.3. The van der Waals surface area contributed by atoms with Crippen molar-refractivity contribution in [1.29, 1.82) is 0 Å². The van der Waals surface area contributed by atoms with Crippen LogP contribution in [0.15, 0.2) is 30.4 Å². The molecule has 0 spiro atoms. The van der Waals surface area contributed by atoms with Crippen LogP contribution in [0.4, 0.5) is 0 Å². The molecule has 0 amide bonds. The molecule has 1 aromatic carbocycles. The molecule has 0 aliphatic rings. The average Bonchev–Trinajstić information content (AvgIpc) is 2.44. The van der Waals surface area contributed by atoms with E-state index in [-0.39, 0.29) is 23.9 Å². The standard InChI is InChI=1S/C15H20O5/c16-8-2-4-10-20-9-3-1-5-13(17)12-6-7-14(18)15(19)11-12/h2,4,6-7,11,16,18-19H,1,3,5,8-10H2. The van der Waals surface area contributed by atoms with Gasteiger partial charge in [0.2, 0.25) is 0 Å². The zero-order chi connectivity index (χ0) is 14.8. The SMILES string of the molecule is O=C(CCCCOCC=CCO)c1ccc(O)c(O)c1. The van der Waals surface area contributed by atoms with Gasteiger partial charge in [0.15, 0.2) is 17.3 Å². The molecule has 0 unspecified atom stereocenters. The summed E-state index contributed by atoms with van der Waals surface area (Å²) in [5.74, 6) is -0.582. The van der Waals surface area contributed by atoms with E-state index in [1.807, 2.05) is 0 Å². The molecule has 1 aromatic rings. The molecule has 0 aromatic heterocycles. The molecule has 0 fully saturated rings. The third-order valence-corrected chi connectivity index (χ3v) is 2.73. The van der Waals surface area contributed by atoms with Crippen molar-refractivity contribution in [2.45, 2.75) is 19.3 Å². The number of benzene rings is 1. The van der Waals surface area contributed by atoms with E-state index in [1.165, 1.54) is 18.2 Å². The van der Waals surface area contributed by atoms with E-state index in [0.717, 1.165) is 6.42 Å². The molecule has 0 atom stereocenters. The molecular formula is C15H20O5. The van der Waals surface area contributed by atoms with Gasteiger partial charge in [0.25, 0.3) is 0 Å². The molecule has 0 aliphatic heterocycles. The molecule has 0 radical (unpaired) electrons. The number of Topliss-reactive ketones (excluding diaryl/α,β-unsaturated/α-hetero) is 1. The van der Waals surface area contributed by atoms with Crippen molar-refractivity contribution in [1.82, 2.24) is 0 Å². The minimum absolute atomic E-state index is 0.0112. The number of rotatable bonds is 9. The Morgan fingerprint density at radius 3 is 2.65 bits per heavy atom. The van der Waals surface area contributed by atoms with Gasteiger partial charge >= 0.3 is 0 Å². The number of hydrogen-bond acceptors (Lipinski definition) is 5. The van der Waals surface area contributed by atoms with E-state index in [0.29, 0.717) is 31.6 Å². The number of ether oxygens (including phenoxy) is 1. The first-order chi connectivity index (χ1) is 9.65. The maximum Gasteiger partial charge on any atom is 0.163 e. The number of carbonyl (C=O) groups excluding carboxylic acids is 1. The van der Waals surface area contributed by atoms with Crippen molar-refractivity contribution in [2.24, 2.45) is 0 Å². The minimum Gasteiger partial charge on any atom is -0.504 e. The van der Waals surface area contributed by atoms with Crippen LogP contribution in [0.3, 0.4) is 0 Å². The van der Waals surface area contributed by atoms with Crippen LogP contribution in [0, 0.1) is 0 Å². The number of aliphatic hydroxyl groups is 1. The predicted molar refractivity (Wildman–Crippen MR) is 75.0 cm³/mol. The normalized spacial score (nSPS) is 11.1. The van der Waals surface area contributed by atoms with Crippen molar-refractivity contribution < 1.29 is 24.9 Å². The van der Waals surface area contributed by atoms with Gasteiger partial charge in [-0.1, -0.05) is 12.2 Å². The number of ketones is 1. The van der Waals surface area contributed by atoms with Crippen LogP contribution < -0.4 is 0 Å². The number of phenols is 2. The molecule has 0 saturated carbocycles. The summed E-state index contributed by atoms with van der Waals surface area (Å²) < 4.78 is 5.28. The van der Waals surface area contributed by atoms with E-state index < -0.39 is 0 Å². The number of aliphatic hydroxyl groups excluding tert-OH is 1. The first kappa shape index (κ1) is 16.2. The topological polar surface area (TPSA) is 87.0 Å². The molecule has 0 aliphatic carbocycles. The van der Waals surface area contributed by atoms with E-state index >= 15 is 0 Å². The number of hydrogen-bond donors (Lipinski definition) is 3. The van der Waals surface area contributed by atoms with Gasteiger partial charge in [-0.2, -0.15) is 0 Å². The van der Waals surface area contributed by atoms with Crippen LogP contribution in [0.5, 0.6) is 11.5 Å². The highest BCUT2D eigenvalue weighted by Gasteiger charge is 2.08. The molecule has 5 heteroatoms. The zero-order valence-corrected chi connectivity index (χ0v) is 11.3. The quantitative estimate of drug-likeness (QED) is 0.279. The van der Waals surface area contributed by atoms with Gasteiger partial charge in [0.05, 0.1) is 13.2 Å². The summed E-state index contributed by atoms with van der Waals surface area (Å²) in [6.45, 7) is 1.03. The Morgan fingerprint density at radius 2 is 1.95 bits per heavy atom. The highest BCUT2D eigenvalue weighted by Crippen LogP contribution is 2.25. The van der Waals surface area contributed by atoms with E-state index in [2.05, 4.69) is 0 Å². The van der Waals surface area contributed by atoms with Crippen LogP contribution in [-0.2, 0) is 4.74 Å². The van der Waals surface area contributed by atoms with Crippen LogP contribution in [-0.4, -0.2) is 40.9 Å². The van der Waals surface area contributed by atoms with Gasteiger partial charge < -0.3 is 20.1 Å². The van der Waals surface area contributed by atoms with Crippen LogP contribution in [0.25, 0.3) is 0 Å². The number of unbranched alkanes of at least 4 members (excludes halogenated alkanes) is 1. The first-order valence-electron chi connectivity index (χ1n) is 6.54. The maximum atomic E-state index is 11.8. The summed E-state index contributed by atoms with van der Waals surface area (Å²) in [6.07, 6.45) is 5.19. The largest absolute Gasteiger partial charge is 0.504 e. The molecule has 0 bridgehead atoms. The maximum absolute atomic E-state index is 11.8. The lowest BCUT2D eigenvalue weighted by atomic mass is 10.1. The van der Waals surface area contributed by atoms with Crippen molar-refractivity contribution >= 4 is 5.78 Å². The Hall–Kier alpha value is -1.85. The third kappa shape index (κ3) is 5.86. The minimum atomic E-state index is -0.283. The Bertz CT molecular complexity index is 454. The summed E-state index contributed by atoms with van der Waals surface area (Å²) >= 11 is 0. The van der Waals surface area contributed by atoms with Gasteiger partial charge in [0, 0.05) is 18.6 Å². The summed E-state index contributed by atoms with van der Waals surface area (Å²) in [4.78, 5) is 11.8. The Morgan fingerprint density at radius 1 is 1.15 bits per heavy atom. The average molecular weight is 280 g/mol. The molecule has 20 heavy (non-hydrogen) atoms. The number of aromatic hydroxyl groups is 2. The van der Waals surface area contributed by atoms with Crippen molar-refractivity contribution in [3.8, 4) is 11.5 Å². The second kappa shape index (κ2) is 9.12. The van der Waals surface area contributed by atoms with E-state index in [9.17, 15) is 9.90 Å². The van der Waals surface area contributed by atoms with Crippen LogP contribution >= 0.6 is 0 Å². The number of phenolic OH excluding ortho intramolecular Hbond substituents is 2. The van der Waals surface area contributed by atoms with Gasteiger partial charge in [-0.05, 0) is 31.0 Å². The van der Waals surface area contributed by atoms with E-state index in [4.69, 9.17) is 14.9 Å². The predicted octanol–water partition coefficient (Wildman–Crippen LogP) is 2.02. The molecule has 5 nitrogen and oxygen atoms in total. The monoisotopic (exact) mass is 280 g/mol. The molecule has 3 N–H and O–H groups in total. The fourth-order valence-electron chi connectivity index (χ4n) is 1.62. The Kier molecular flexibility index (Phi) is 7.39. The molecule has 1 rings (SSSR count). The smallest absolute Gasteiger partial charge is 0.163 e. The molecule has 0 saturated heterocycles. The lowest BCUT2D eigenvalue weighted by Gasteiger charge is -2.04. The fourth-order valence-corrected chi connectivity index (χ4v) is 1.62. The second-order valence-electron chi connectivity index (χ2n) is 4.31. The van der Waals surface area contributed by atoms with Crippen LogP contribution in [0.1, 0.15) is 29.6 Å². The first-order valence-corrected chi connectivity index (χ1v) is 6.54. The fraction of sp³-hybridized carbons (Fsp3) is 0.400. The molecule has 0 heterocycles. The van der Waals surface area contributed by atoms with Gasteiger partial charge in [-0.3, -0.25) is 4.79 Å². The van der Waals surface area contributed by atoms with Crippen LogP contribution in [0.2, 0.25) is 0 Å². The lowest BCUT2D eigenvalue weighted by molar-refractivity contribution is 0.0972. The third-order valence-electron chi connectivity index (χ3n) is 2.73. The summed E-state index contributed by atoms with van der Waals surface area (Å²) in [5.41, 5.74) is 0.395. The van der Waals surface area contributed by atoms with E-state index in [1.54, 1.807) is 12.2 Å². The Balaban J connectivity index is 2.20. The van der Waals surface area contributed by atoms with Gasteiger partial charge in [0.1, 0.15) is 0 Å². The summed E-state index contributed by atoms with van der Waals surface area (Å²) in [7, 11) is 0. The molecular weight excluding hydrogens is 260 g/mol. The summed E-state index contributed by atoms with van der Waals surface area (Å²) in [6, 6.07) is 4.07. The number of carbonyl (C=O) groups is 1. The van der Waals surface area contributed by atoms with Crippen molar-refractivity contribution in [3.05, 3.63) is 35.9 Å². The lowest BCUT2D eigenvalue weighted by Crippen LogP contribution is -2.01. The van der Waals surface area contributed by atoms with Gasteiger partial charge in [-0.15, -0.1) is 0 Å². The van der Waals surface area contributed by atoms with Crippen molar-refractivity contribution in [2.75, 3.05) is 19.8 Å². The molecule has 110 valence electrons. The van der Waals surface area contributed by atoms with Crippen molar-refractivity contribution in [3.63, 3.8) is 0 Å². The van der Waals surface area contributed by atoms with Gasteiger partial charge in [-0.25, -0.2) is 0 Å². The highest BCUT2D eigenvalue weighted by molar-refractivity contribution is 5.96. The second-order valence-corrected chi connectivity index (χ2v) is 4.31. The Labute approximate surface area is 118 Å².